The second kappa shape index (κ2) is 15.3. The van der Waals surface area contributed by atoms with Crippen LogP contribution in [0.3, 0.4) is 0 Å². The van der Waals surface area contributed by atoms with Crippen LogP contribution in [0.2, 0.25) is 10.0 Å². The highest BCUT2D eigenvalue weighted by Crippen LogP contribution is 2.42. The molecule has 1 unspecified atom stereocenters. The lowest BCUT2D eigenvalue weighted by atomic mass is 9.95. The number of hydrogen-bond acceptors (Lipinski definition) is 10. The predicted molar refractivity (Wildman–Crippen MR) is 185 cm³/mol. The molecule has 0 bridgehead atoms. The van der Waals surface area contributed by atoms with Crippen LogP contribution in [0, 0.1) is 0 Å². The van der Waals surface area contributed by atoms with E-state index in [0.29, 0.717) is 112 Å². The Morgan fingerprint density at radius 2 is 1.57 bits per heavy atom. The number of alkyl halides is 1. The van der Waals surface area contributed by atoms with Crippen molar-refractivity contribution < 1.29 is 23.8 Å². The van der Waals surface area contributed by atoms with Crippen LogP contribution >= 0.6 is 23.2 Å². The molecule has 6 rings (SSSR count). The second-order valence-corrected chi connectivity index (χ2v) is 13.1. The average Bonchev–Trinajstić information content (AvgIpc) is 3.53. The molecule has 2 saturated heterocycles. The number of carbonyl (C=O) groups excluding carboxylic acids is 1. The largest absolute Gasteiger partial charge is 0.480 e. The van der Waals surface area contributed by atoms with Crippen LogP contribution in [-0.4, -0.2) is 88.0 Å². The van der Waals surface area contributed by atoms with Gasteiger partial charge in [0.25, 0.3) is 0 Å². The molecule has 3 N–H and O–H groups in total. The lowest BCUT2D eigenvalue weighted by Crippen LogP contribution is -2.47. The number of ether oxygens (including phenoxy) is 2. The van der Waals surface area contributed by atoms with E-state index in [0.717, 1.165) is 6.42 Å². The molecule has 2 fully saturated rings. The Kier molecular flexibility index (Phi) is 10.9. The summed E-state index contributed by atoms with van der Waals surface area (Å²) in [7, 11) is 3.06. The van der Waals surface area contributed by atoms with E-state index >= 15 is 0 Å². The van der Waals surface area contributed by atoms with Gasteiger partial charge in [0.05, 0.1) is 54.7 Å². The number of halogens is 3. The lowest BCUT2D eigenvalue weighted by molar-refractivity contribution is -0.119. The first-order valence-electron chi connectivity index (χ1n) is 16.1. The third-order valence-electron chi connectivity index (χ3n) is 8.88. The van der Waals surface area contributed by atoms with Gasteiger partial charge in [-0.15, -0.1) is 0 Å². The predicted octanol–water partition coefficient (Wildman–Crippen LogP) is 5.26. The van der Waals surface area contributed by atoms with Gasteiger partial charge in [-0.2, -0.15) is 0 Å². The van der Waals surface area contributed by atoms with Crippen molar-refractivity contribution >= 4 is 29.1 Å². The highest BCUT2D eigenvalue weighted by molar-refractivity contribution is 6.39. The van der Waals surface area contributed by atoms with Crippen LogP contribution in [0.1, 0.15) is 37.1 Å². The molecule has 2 aliphatic heterocycles. The normalized spacial score (nSPS) is 19.6. The van der Waals surface area contributed by atoms with E-state index in [1.165, 1.54) is 7.11 Å². The average molecular weight is 711 g/mol. The molecule has 4 aromatic rings. The number of methoxy groups -OCH3 is 2. The van der Waals surface area contributed by atoms with E-state index in [4.69, 9.17) is 42.6 Å². The molecule has 1 amide bonds. The summed E-state index contributed by atoms with van der Waals surface area (Å²) in [6.07, 6.45) is 5.61. The molecule has 2 aliphatic rings. The standard InChI is InChI=1S/C35H38Cl2FN7O4/c1-48-33-28(15-39-14-21-10-11-30(47)42-21)40-16-26(43-33)24-8-3-6-22(31(24)36)23-7-4-9-25(32(23)37)27-17-41-29(34(44-27)49-2)18-45-13-5-12-35(38,19-45)20-46/h3-4,6-9,16-17,21,39,46H,5,10-15,18-20H2,1-2H3,(H,42,47)/t21-,35?/m0/s1. The Morgan fingerprint density at radius 3 is 2.14 bits per heavy atom. The summed E-state index contributed by atoms with van der Waals surface area (Å²) in [5, 5.41) is 16.6. The van der Waals surface area contributed by atoms with Crippen LogP contribution in [0.15, 0.2) is 48.8 Å². The van der Waals surface area contributed by atoms with E-state index in [2.05, 4.69) is 20.6 Å². The number of amides is 1. The van der Waals surface area contributed by atoms with Gasteiger partial charge in [-0.3, -0.25) is 19.7 Å². The summed E-state index contributed by atoms with van der Waals surface area (Å²) >= 11 is 14.1. The maximum absolute atomic E-state index is 14.8. The topological polar surface area (TPSA) is 135 Å². The Bertz CT molecular complexity index is 1830. The lowest BCUT2D eigenvalue weighted by Gasteiger charge is -2.36. The first kappa shape index (κ1) is 34.9. The van der Waals surface area contributed by atoms with Crippen molar-refractivity contribution in [3.8, 4) is 45.4 Å². The molecule has 0 spiro atoms. The first-order valence-corrected chi connectivity index (χ1v) is 16.9. The summed E-state index contributed by atoms with van der Waals surface area (Å²) in [5.41, 5.74) is 3.28. The van der Waals surface area contributed by atoms with Crippen molar-refractivity contribution in [1.82, 2.24) is 35.5 Å². The van der Waals surface area contributed by atoms with Crippen molar-refractivity contribution in [2.75, 3.05) is 40.5 Å². The first-order chi connectivity index (χ1) is 23.7. The SMILES string of the molecule is COc1nc(-c2cccc(-c3cccc(-c4cnc(CN5CCCC(F)(CO)C5)c(OC)n4)c3Cl)c2Cl)cnc1CNC[C@@H]1CCC(=O)N1. The summed E-state index contributed by atoms with van der Waals surface area (Å²) in [6.45, 7) is 1.68. The minimum atomic E-state index is -1.62. The molecule has 0 aliphatic carbocycles. The fourth-order valence-electron chi connectivity index (χ4n) is 6.34. The summed E-state index contributed by atoms with van der Waals surface area (Å²) < 4.78 is 26.0. The van der Waals surface area contributed by atoms with E-state index < -0.39 is 12.3 Å². The number of aliphatic hydroxyl groups excluding tert-OH is 1. The van der Waals surface area contributed by atoms with E-state index in [-0.39, 0.29) is 18.5 Å². The Balaban J connectivity index is 1.23. The highest BCUT2D eigenvalue weighted by Gasteiger charge is 2.35. The van der Waals surface area contributed by atoms with E-state index in [1.54, 1.807) is 19.5 Å². The molecule has 2 aromatic heterocycles. The molecule has 49 heavy (non-hydrogen) atoms. The molecular formula is C35H38Cl2FN7O4. The number of nitrogens with one attached hydrogen (secondary N) is 2. The molecule has 0 saturated carbocycles. The van der Waals surface area contributed by atoms with Crippen LogP contribution < -0.4 is 20.1 Å². The van der Waals surface area contributed by atoms with Gasteiger partial charge in [-0.05, 0) is 25.8 Å². The summed E-state index contributed by atoms with van der Waals surface area (Å²) in [5.74, 6) is 0.759. The number of piperidine rings is 1. The fraction of sp³-hybridized carbons (Fsp3) is 0.400. The zero-order valence-electron chi connectivity index (χ0n) is 27.3. The van der Waals surface area contributed by atoms with Crippen molar-refractivity contribution in [2.45, 2.75) is 50.5 Å². The number of rotatable bonds is 12. The molecule has 2 aromatic carbocycles. The van der Waals surface area contributed by atoms with Gasteiger partial charge in [-0.1, -0.05) is 59.6 Å². The van der Waals surface area contributed by atoms with E-state index in [1.807, 2.05) is 41.3 Å². The third-order valence-corrected chi connectivity index (χ3v) is 9.69. The quantitative estimate of drug-likeness (QED) is 0.179. The van der Waals surface area contributed by atoms with Crippen molar-refractivity contribution in [3.63, 3.8) is 0 Å². The van der Waals surface area contributed by atoms with Gasteiger partial charge in [0.1, 0.15) is 17.1 Å². The number of hydrogen-bond donors (Lipinski definition) is 3. The van der Waals surface area contributed by atoms with Gasteiger partial charge in [-0.25, -0.2) is 14.4 Å². The minimum Gasteiger partial charge on any atom is -0.480 e. The van der Waals surface area contributed by atoms with Gasteiger partial charge < -0.3 is 25.2 Å². The fourth-order valence-corrected chi connectivity index (χ4v) is 6.98. The number of carbonyl (C=O) groups is 1. The third kappa shape index (κ3) is 7.79. The molecule has 4 heterocycles. The molecule has 14 heteroatoms. The number of aliphatic hydroxyl groups is 1. The highest BCUT2D eigenvalue weighted by atomic mass is 35.5. The van der Waals surface area contributed by atoms with Gasteiger partial charge in [0.2, 0.25) is 17.7 Å². The number of aromatic nitrogens is 4. The summed E-state index contributed by atoms with van der Waals surface area (Å²) in [6, 6.07) is 11.3. The molecular weight excluding hydrogens is 672 g/mol. The van der Waals surface area contributed by atoms with Gasteiger partial charge in [0, 0.05) is 60.9 Å². The molecule has 0 radical (unpaired) electrons. The second-order valence-electron chi connectivity index (χ2n) is 12.3. The Hall–Kier alpha value is -3.94. The molecule has 258 valence electrons. The zero-order valence-corrected chi connectivity index (χ0v) is 28.8. The van der Waals surface area contributed by atoms with Crippen LogP contribution in [0.4, 0.5) is 4.39 Å². The number of benzene rings is 2. The smallest absolute Gasteiger partial charge is 0.237 e. The Labute approximate surface area is 294 Å². The van der Waals surface area contributed by atoms with Crippen LogP contribution in [0.5, 0.6) is 11.8 Å². The minimum absolute atomic E-state index is 0.0738. The van der Waals surface area contributed by atoms with Crippen LogP contribution in [-0.2, 0) is 17.9 Å². The Morgan fingerprint density at radius 1 is 0.980 bits per heavy atom. The molecule has 11 nitrogen and oxygen atoms in total. The van der Waals surface area contributed by atoms with Gasteiger partial charge in [0.15, 0.2) is 0 Å². The maximum atomic E-state index is 14.8. The van der Waals surface area contributed by atoms with E-state index in [9.17, 15) is 14.3 Å². The number of likely N-dealkylation sites (tertiary alicyclic amines) is 1. The van der Waals surface area contributed by atoms with Gasteiger partial charge >= 0.3 is 0 Å². The van der Waals surface area contributed by atoms with Crippen LogP contribution in [0.25, 0.3) is 33.6 Å². The van der Waals surface area contributed by atoms with Crippen molar-refractivity contribution in [2.24, 2.45) is 0 Å². The van der Waals surface area contributed by atoms with Crippen molar-refractivity contribution in [1.29, 1.82) is 0 Å². The number of nitrogens with zero attached hydrogens (tertiary/aromatic N) is 5. The zero-order chi connectivity index (χ0) is 34.5. The van der Waals surface area contributed by atoms with Crippen molar-refractivity contribution in [3.05, 3.63) is 70.2 Å². The summed E-state index contributed by atoms with van der Waals surface area (Å²) in [4.78, 5) is 32.1. The molecule has 2 atom stereocenters. The monoisotopic (exact) mass is 709 g/mol. The maximum Gasteiger partial charge on any atom is 0.237 e.